The molecule has 0 saturated heterocycles. The number of hydrogen-bond donors (Lipinski definition) is 2. The average molecular weight is 361 g/mol. The van der Waals surface area contributed by atoms with Crippen molar-refractivity contribution in [3.05, 3.63) is 64.1 Å². The maximum atomic E-state index is 12.0. The fraction of sp³-hybridized carbons (Fsp3) is 0.176. The molecule has 2 aromatic rings. The lowest BCUT2D eigenvalue weighted by Gasteiger charge is -2.14. The van der Waals surface area contributed by atoms with Crippen molar-refractivity contribution in [2.24, 2.45) is 0 Å². The van der Waals surface area contributed by atoms with Crippen LogP contribution in [-0.2, 0) is 9.59 Å². The lowest BCUT2D eigenvalue weighted by molar-refractivity contribution is -0.136. The predicted molar refractivity (Wildman–Crippen MR) is 90.5 cm³/mol. The SMILES string of the molecule is Cc1cc(NC(=O)C(=O)N[C@H](C)c2ccccc2)ccc1Br. The molecule has 1 atom stereocenters. The van der Waals surface area contributed by atoms with Crippen molar-refractivity contribution in [3.8, 4) is 0 Å². The van der Waals surface area contributed by atoms with Crippen LogP contribution in [-0.4, -0.2) is 11.8 Å². The Morgan fingerprint density at radius 3 is 2.36 bits per heavy atom. The summed E-state index contributed by atoms with van der Waals surface area (Å²) in [7, 11) is 0. The molecule has 0 fully saturated rings. The summed E-state index contributed by atoms with van der Waals surface area (Å²) in [5.41, 5.74) is 2.52. The van der Waals surface area contributed by atoms with E-state index in [1.807, 2.05) is 50.2 Å². The number of nitrogens with one attached hydrogen (secondary N) is 2. The lowest BCUT2D eigenvalue weighted by Crippen LogP contribution is -2.36. The highest BCUT2D eigenvalue weighted by Gasteiger charge is 2.17. The van der Waals surface area contributed by atoms with Crippen LogP contribution in [0, 0.1) is 6.92 Å². The van der Waals surface area contributed by atoms with Gasteiger partial charge >= 0.3 is 11.8 Å². The zero-order chi connectivity index (χ0) is 16.1. The molecule has 0 bridgehead atoms. The molecule has 2 rings (SSSR count). The molecule has 0 radical (unpaired) electrons. The number of rotatable bonds is 3. The Balaban J connectivity index is 1.97. The van der Waals surface area contributed by atoms with Crippen molar-refractivity contribution >= 4 is 33.4 Å². The molecule has 2 aromatic carbocycles. The molecular formula is C17H17BrN2O2. The van der Waals surface area contributed by atoms with E-state index in [0.717, 1.165) is 15.6 Å². The monoisotopic (exact) mass is 360 g/mol. The van der Waals surface area contributed by atoms with Gasteiger partial charge in [-0.15, -0.1) is 0 Å². The molecule has 4 nitrogen and oxygen atoms in total. The van der Waals surface area contributed by atoms with Crippen LogP contribution in [0.25, 0.3) is 0 Å². The van der Waals surface area contributed by atoms with Crippen LogP contribution in [0.1, 0.15) is 24.1 Å². The smallest absolute Gasteiger partial charge is 0.313 e. The normalized spacial score (nSPS) is 11.6. The highest BCUT2D eigenvalue weighted by Crippen LogP contribution is 2.20. The minimum atomic E-state index is -0.676. The van der Waals surface area contributed by atoms with Crippen LogP contribution >= 0.6 is 15.9 Å². The van der Waals surface area contributed by atoms with Gasteiger partial charge in [0.15, 0.2) is 0 Å². The van der Waals surface area contributed by atoms with Gasteiger partial charge in [-0.25, -0.2) is 0 Å². The maximum Gasteiger partial charge on any atom is 0.313 e. The largest absolute Gasteiger partial charge is 0.341 e. The first kappa shape index (κ1) is 16.2. The second kappa shape index (κ2) is 7.22. The van der Waals surface area contributed by atoms with Crippen molar-refractivity contribution in [2.45, 2.75) is 19.9 Å². The van der Waals surface area contributed by atoms with E-state index in [0.29, 0.717) is 5.69 Å². The average Bonchev–Trinajstić information content (AvgIpc) is 2.51. The topological polar surface area (TPSA) is 58.2 Å². The van der Waals surface area contributed by atoms with Crippen LogP contribution in [0.4, 0.5) is 5.69 Å². The summed E-state index contributed by atoms with van der Waals surface area (Å²) in [6.07, 6.45) is 0. The van der Waals surface area contributed by atoms with Crippen LogP contribution in [0.5, 0.6) is 0 Å². The fourth-order valence-corrected chi connectivity index (χ4v) is 2.24. The lowest BCUT2D eigenvalue weighted by atomic mass is 10.1. The summed E-state index contributed by atoms with van der Waals surface area (Å²) in [6.45, 7) is 3.75. The van der Waals surface area contributed by atoms with E-state index in [-0.39, 0.29) is 6.04 Å². The van der Waals surface area contributed by atoms with Gasteiger partial charge in [0.05, 0.1) is 6.04 Å². The Kier molecular flexibility index (Phi) is 5.33. The van der Waals surface area contributed by atoms with E-state index in [1.54, 1.807) is 12.1 Å². The van der Waals surface area contributed by atoms with Gasteiger partial charge in [-0.05, 0) is 43.2 Å². The van der Waals surface area contributed by atoms with E-state index in [9.17, 15) is 9.59 Å². The first-order chi connectivity index (χ1) is 10.5. The van der Waals surface area contributed by atoms with Gasteiger partial charge in [-0.1, -0.05) is 46.3 Å². The molecule has 0 aliphatic heterocycles. The summed E-state index contributed by atoms with van der Waals surface area (Å²) in [5.74, 6) is -1.33. The predicted octanol–water partition coefficient (Wildman–Crippen LogP) is 3.57. The van der Waals surface area contributed by atoms with Crippen molar-refractivity contribution in [3.63, 3.8) is 0 Å². The van der Waals surface area contributed by atoms with Crippen molar-refractivity contribution in [1.82, 2.24) is 5.32 Å². The van der Waals surface area contributed by atoms with Crippen LogP contribution in [0.3, 0.4) is 0 Å². The van der Waals surface area contributed by atoms with E-state index in [2.05, 4.69) is 26.6 Å². The van der Waals surface area contributed by atoms with Gasteiger partial charge in [0.2, 0.25) is 0 Å². The summed E-state index contributed by atoms with van der Waals surface area (Å²) in [5, 5.41) is 5.28. The third-order valence-electron chi connectivity index (χ3n) is 3.27. The first-order valence-electron chi connectivity index (χ1n) is 6.90. The highest BCUT2D eigenvalue weighted by molar-refractivity contribution is 9.10. The molecule has 0 heterocycles. The zero-order valence-corrected chi connectivity index (χ0v) is 14.0. The maximum absolute atomic E-state index is 12.0. The summed E-state index contributed by atoms with van der Waals surface area (Å²) in [4.78, 5) is 23.9. The van der Waals surface area contributed by atoms with Gasteiger partial charge in [0, 0.05) is 10.2 Å². The van der Waals surface area contributed by atoms with Gasteiger partial charge < -0.3 is 10.6 Å². The van der Waals surface area contributed by atoms with Gasteiger partial charge in [0.25, 0.3) is 0 Å². The second-order valence-corrected chi connectivity index (χ2v) is 5.88. The molecule has 0 aliphatic carbocycles. The molecule has 22 heavy (non-hydrogen) atoms. The molecule has 0 aliphatic rings. The van der Waals surface area contributed by atoms with Gasteiger partial charge in [0.1, 0.15) is 0 Å². The molecule has 114 valence electrons. The van der Waals surface area contributed by atoms with Crippen molar-refractivity contribution in [1.29, 1.82) is 0 Å². The van der Waals surface area contributed by atoms with Crippen LogP contribution < -0.4 is 10.6 Å². The molecule has 0 unspecified atom stereocenters. The Bertz CT molecular complexity index is 686. The van der Waals surface area contributed by atoms with Crippen LogP contribution in [0.15, 0.2) is 53.0 Å². The number of amides is 2. The Morgan fingerprint density at radius 2 is 1.73 bits per heavy atom. The van der Waals surface area contributed by atoms with E-state index < -0.39 is 11.8 Å². The molecular weight excluding hydrogens is 344 g/mol. The standard InChI is InChI=1S/C17H17BrN2O2/c1-11-10-14(8-9-15(11)18)20-17(22)16(21)19-12(2)13-6-4-3-5-7-13/h3-10,12H,1-2H3,(H,19,21)(H,20,22)/t12-/m1/s1. The van der Waals surface area contributed by atoms with E-state index in [4.69, 9.17) is 0 Å². The molecule has 5 heteroatoms. The zero-order valence-electron chi connectivity index (χ0n) is 12.4. The van der Waals surface area contributed by atoms with E-state index in [1.165, 1.54) is 0 Å². The molecule has 0 aromatic heterocycles. The van der Waals surface area contributed by atoms with E-state index >= 15 is 0 Å². The quantitative estimate of drug-likeness (QED) is 0.822. The summed E-state index contributed by atoms with van der Waals surface area (Å²) < 4.78 is 0.952. The third kappa shape index (κ3) is 4.18. The Morgan fingerprint density at radius 1 is 1.05 bits per heavy atom. The minimum Gasteiger partial charge on any atom is -0.341 e. The highest BCUT2D eigenvalue weighted by atomic mass is 79.9. The fourth-order valence-electron chi connectivity index (χ4n) is 2.00. The van der Waals surface area contributed by atoms with Gasteiger partial charge in [-0.3, -0.25) is 9.59 Å². The minimum absolute atomic E-state index is 0.230. The number of halogens is 1. The summed E-state index contributed by atoms with van der Waals surface area (Å²) in [6, 6.07) is 14.6. The molecule has 2 amide bonds. The second-order valence-electron chi connectivity index (χ2n) is 5.02. The molecule has 0 spiro atoms. The van der Waals surface area contributed by atoms with Gasteiger partial charge in [-0.2, -0.15) is 0 Å². The first-order valence-corrected chi connectivity index (χ1v) is 7.69. The number of benzene rings is 2. The number of aryl methyl sites for hydroxylation is 1. The molecule has 2 N–H and O–H groups in total. The van der Waals surface area contributed by atoms with Crippen molar-refractivity contribution < 1.29 is 9.59 Å². The number of anilines is 1. The molecule has 0 saturated carbocycles. The third-order valence-corrected chi connectivity index (χ3v) is 4.16. The Hall–Kier alpha value is -2.14. The van der Waals surface area contributed by atoms with Crippen LogP contribution in [0.2, 0.25) is 0 Å². The number of hydrogen-bond acceptors (Lipinski definition) is 2. The number of carbonyl (C=O) groups excluding carboxylic acids is 2. The Labute approximate surface area is 138 Å². The number of carbonyl (C=O) groups is 2. The van der Waals surface area contributed by atoms with Crippen molar-refractivity contribution in [2.75, 3.05) is 5.32 Å². The summed E-state index contributed by atoms with van der Waals surface area (Å²) >= 11 is 3.39.